The van der Waals surface area contributed by atoms with E-state index in [1.54, 1.807) is 30.7 Å². The number of carbonyl (C=O) groups is 2. The van der Waals surface area contributed by atoms with Gasteiger partial charge in [0.25, 0.3) is 5.91 Å². The van der Waals surface area contributed by atoms with Crippen molar-refractivity contribution in [2.45, 2.75) is 31.7 Å². The summed E-state index contributed by atoms with van der Waals surface area (Å²) in [5.74, 6) is 0.475. The third kappa shape index (κ3) is 4.43. The van der Waals surface area contributed by atoms with Gasteiger partial charge in [-0.3, -0.25) is 19.5 Å². The van der Waals surface area contributed by atoms with Crippen LogP contribution < -0.4 is 0 Å². The fourth-order valence-electron chi connectivity index (χ4n) is 3.70. The van der Waals surface area contributed by atoms with Crippen LogP contribution in [0.4, 0.5) is 0 Å². The predicted molar refractivity (Wildman–Crippen MR) is 116 cm³/mol. The third-order valence-electron chi connectivity index (χ3n) is 5.13. The number of hydrogen-bond donors (Lipinski definition) is 0. The van der Waals surface area contributed by atoms with Crippen molar-refractivity contribution in [2.75, 3.05) is 13.1 Å². The lowest BCUT2D eigenvalue weighted by Gasteiger charge is -2.36. The van der Waals surface area contributed by atoms with Crippen LogP contribution in [0, 0.1) is 0 Å². The van der Waals surface area contributed by atoms with E-state index in [9.17, 15) is 9.59 Å². The molecule has 2 amide bonds. The smallest absolute Gasteiger partial charge is 0.266 e. The minimum absolute atomic E-state index is 0.0441. The highest BCUT2D eigenvalue weighted by atomic mass is 32.2. The van der Waals surface area contributed by atoms with Crippen molar-refractivity contribution in [1.29, 1.82) is 0 Å². The number of piperidine rings is 1. The average Bonchev–Trinajstić information content (AvgIpc) is 3.35. The summed E-state index contributed by atoms with van der Waals surface area (Å²) in [5.41, 5.74) is 1.06. The van der Waals surface area contributed by atoms with E-state index in [-0.39, 0.29) is 30.8 Å². The quantitative estimate of drug-likeness (QED) is 0.530. The van der Waals surface area contributed by atoms with E-state index in [0.29, 0.717) is 15.0 Å². The monoisotopic (exact) mass is 427 g/mol. The molecule has 2 saturated heterocycles. The summed E-state index contributed by atoms with van der Waals surface area (Å²) in [4.78, 5) is 33.8. The summed E-state index contributed by atoms with van der Waals surface area (Å²) in [6, 6.07) is 7.52. The Bertz CT molecular complexity index is 928. The summed E-state index contributed by atoms with van der Waals surface area (Å²) in [5, 5.41) is 0. The number of furan rings is 1. The molecule has 8 heteroatoms. The van der Waals surface area contributed by atoms with Gasteiger partial charge in [0.05, 0.1) is 17.2 Å². The van der Waals surface area contributed by atoms with Gasteiger partial charge >= 0.3 is 0 Å². The van der Waals surface area contributed by atoms with Crippen molar-refractivity contribution in [3.05, 3.63) is 59.2 Å². The fourth-order valence-corrected chi connectivity index (χ4v) is 4.98. The normalized spacial score (nSPS) is 21.2. The molecule has 4 rings (SSSR count). The van der Waals surface area contributed by atoms with Crippen LogP contribution in [-0.4, -0.2) is 44.0 Å². The Hall–Kier alpha value is -2.45. The largest absolute Gasteiger partial charge is 0.465 e. The maximum absolute atomic E-state index is 13.0. The molecule has 29 heavy (non-hydrogen) atoms. The van der Waals surface area contributed by atoms with E-state index in [4.69, 9.17) is 16.6 Å². The van der Waals surface area contributed by atoms with Crippen molar-refractivity contribution >= 4 is 46.2 Å². The molecule has 6 nitrogen and oxygen atoms in total. The molecule has 1 atom stereocenters. The molecule has 2 aromatic heterocycles. The number of aromatic nitrogens is 1. The van der Waals surface area contributed by atoms with E-state index in [1.165, 1.54) is 16.7 Å². The zero-order valence-electron chi connectivity index (χ0n) is 15.8. The summed E-state index contributed by atoms with van der Waals surface area (Å²) >= 11 is 6.60. The van der Waals surface area contributed by atoms with Gasteiger partial charge in [0, 0.05) is 38.0 Å². The zero-order valence-corrected chi connectivity index (χ0v) is 17.5. The number of thiocarbonyl (C=S) groups is 1. The second kappa shape index (κ2) is 8.92. The number of thioether (sulfide) groups is 1. The molecular weight excluding hydrogens is 406 g/mol. The molecule has 2 aromatic rings. The summed E-state index contributed by atoms with van der Waals surface area (Å²) in [6.07, 6.45) is 10.1. The molecule has 0 spiro atoms. The maximum atomic E-state index is 13.0. The Balaban J connectivity index is 1.41. The first-order valence-corrected chi connectivity index (χ1v) is 10.8. The van der Waals surface area contributed by atoms with Crippen molar-refractivity contribution in [3.8, 4) is 0 Å². The van der Waals surface area contributed by atoms with Crippen LogP contribution in [0.5, 0.6) is 0 Å². The molecule has 0 aromatic carbocycles. The maximum Gasteiger partial charge on any atom is 0.266 e. The lowest BCUT2D eigenvalue weighted by molar-refractivity contribution is -0.135. The first kappa shape index (κ1) is 19.8. The van der Waals surface area contributed by atoms with Crippen LogP contribution in [0.2, 0.25) is 0 Å². The zero-order chi connectivity index (χ0) is 20.2. The van der Waals surface area contributed by atoms with E-state index in [0.717, 1.165) is 31.4 Å². The van der Waals surface area contributed by atoms with Gasteiger partial charge in [-0.2, -0.15) is 0 Å². The predicted octanol–water partition coefficient (Wildman–Crippen LogP) is 4.02. The molecule has 0 bridgehead atoms. The molecule has 2 fully saturated rings. The molecular formula is C21H21N3O3S2. The first-order valence-electron chi connectivity index (χ1n) is 9.62. The second-order valence-corrected chi connectivity index (χ2v) is 8.66. The standard InChI is InChI=1S/C21H21N3O3S2/c25-19(23-10-2-1-7-17(23)15-5-3-9-22-14-15)8-11-24-20(26)18(29-21(24)28)13-16-6-4-12-27-16/h3-6,9,12-14,17H,1-2,7-8,10-11H2/t17-/m0/s1. The average molecular weight is 428 g/mol. The molecule has 0 N–H and O–H groups in total. The Kier molecular flexibility index (Phi) is 6.10. The van der Waals surface area contributed by atoms with E-state index >= 15 is 0 Å². The molecule has 2 aliphatic heterocycles. The van der Waals surface area contributed by atoms with Gasteiger partial charge < -0.3 is 9.32 Å². The molecule has 0 saturated carbocycles. The van der Waals surface area contributed by atoms with E-state index < -0.39 is 0 Å². The van der Waals surface area contributed by atoms with Crippen molar-refractivity contribution in [2.24, 2.45) is 0 Å². The van der Waals surface area contributed by atoms with Gasteiger partial charge in [0.2, 0.25) is 5.91 Å². The number of hydrogen-bond acceptors (Lipinski definition) is 6. The first-order chi connectivity index (χ1) is 14.1. The lowest BCUT2D eigenvalue weighted by atomic mass is 9.96. The minimum atomic E-state index is -0.174. The summed E-state index contributed by atoms with van der Waals surface area (Å²) in [6.45, 7) is 1.02. The highest BCUT2D eigenvalue weighted by molar-refractivity contribution is 8.26. The Morgan fingerprint density at radius 1 is 1.34 bits per heavy atom. The number of nitrogens with zero attached hydrogens (tertiary/aromatic N) is 3. The summed E-state index contributed by atoms with van der Waals surface area (Å²) in [7, 11) is 0. The minimum Gasteiger partial charge on any atom is -0.465 e. The highest BCUT2D eigenvalue weighted by Gasteiger charge is 2.34. The number of amides is 2. The Labute approximate surface area is 179 Å². The molecule has 0 radical (unpaired) electrons. The van der Waals surface area contributed by atoms with Gasteiger partial charge in [-0.05, 0) is 43.0 Å². The molecule has 0 unspecified atom stereocenters. The van der Waals surface area contributed by atoms with Crippen LogP contribution >= 0.6 is 24.0 Å². The number of rotatable bonds is 5. The van der Waals surface area contributed by atoms with Crippen molar-refractivity contribution in [1.82, 2.24) is 14.8 Å². The van der Waals surface area contributed by atoms with Gasteiger partial charge in [-0.25, -0.2) is 0 Å². The lowest BCUT2D eigenvalue weighted by Crippen LogP contribution is -2.40. The fraction of sp³-hybridized carbons (Fsp3) is 0.333. The van der Waals surface area contributed by atoms with Crippen LogP contribution in [0.15, 0.2) is 52.2 Å². The molecule has 0 aliphatic carbocycles. The van der Waals surface area contributed by atoms with Crippen molar-refractivity contribution < 1.29 is 14.0 Å². The van der Waals surface area contributed by atoms with Crippen LogP contribution in [-0.2, 0) is 9.59 Å². The molecule has 4 heterocycles. The van der Waals surface area contributed by atoms with Crippen LogP contribution in [0.3, 0.4) is 0 Å². The molecule has 150 valence electrons. The van der Waals surface area contributed by atoms with E-state index in [2.05, 4.69) is 4.98 Å². The molecule has 2 aliphatic rings. The topological polar surface area (TPSA) is 66.7 Å². The van der Waals surface area contributed by atoms with Gasteiger partial charge in [-0.15, -0.1) is 0 Å². The Morgan fingerprint density at radius 2 is 2.24 bits per heavy atom. The Morgan fingerprint density at radius 3 is 3.00 bits per heavy atom. The number of pyridine rings is 1. The van der Waals surface area contributed by atoms with Crippen molar-refractivity contribution in [3.63, 3.8) is 0 Å². The second-order valence-electron chi connectivity index (χ2n) is 6.98. The number of likely N-dealkylation sites (tertiary alicyclic amines) is 1. The van der Waals surface area contributed by atoms with Crippen LogP contribution in [0.25, 0.3) is 6.08 Å². The van der Waals surface area contributed by atoms with Crippen LogP contribution in [0.1, 0.15) is 43.0 Å². The van der Waals surface area contributed by atoms with Gasteiger partial charge in [0.15, 0.2) is 0 Å². The van der Waals surface area contributed by atoms with E-state index in [1.807, 2.05) is 23.2 Å². The SMILES string of the molecule is O=C1C(=Cc2ccco2)SC(=S)N1CCC(=O)N1CCCC[C@H]1c1cccnc1. The van der Waals surface area contributed by atoms with Gasteiger partial charge in [0.1, 0.15) is 10.1 Å². The highest BCUT2D eigenvalue weighted by Crippen LogP contribution is 2.34. The number of carbonyl (C=O) groups excluding carboxylic acids is 2. The third-order valence-corrected chi connectivity index (χ3v) is 6.51. The summed E-state index contributed by atoms with van der Waals surface area (Å²) < 4.78 is 5.75. The van der Waals surface area contributed by atoms with Gasteiger partial charge in [-0.1, -0.05) is 30.0 Å².